The molecule has 2 aromatic rings. The average molecular weight is 431 g/mol. The van der Waals surface area contributed by atoms with Gasteiger partial charge >= 0.3 is 0 Å². The quantitative estimate of drug-likeness (QED) is 0.682. The van der Waals surface area contributed by atoms with Gasteiger partial charge in [-0.05, 0) is 57.0 Å². The van der Waals surface area contributed by atoms with Crippen LogP contribution in [0.25, 0.3) is 11.8 Å². The zero-order chi connectivity index (χ0) is 21.5. The van der Waals surface area contributed by atoms with Gasteiger partial charge in [-0.3, -0.25) is 4.79 Å². The second-order valence-electron chi connectivity index (χ2n) is 7.71. The maximum absolute atomic E-state index is 12.8. The number of amides is 1. The van der Waals surface area contributed by atoms with Gasteiger partial charge in [-0.1, -0.05) is 0 Å². The van der Waals surface area contributed by atoms with Crippen molar-refractivity contribution in [1.82, 2.24) is 9.47 Å². The van der Waals surface area contributed by atoms with Crippen molar-refractivity contribution in [3.8, 4) is 17.2 Å². The molecule has 3 heterocycles. The molecule has 1 fully saturated rings. The zero-order valence-corrected chi connectivity index (χ0v) is 18.2. The van der Waals surface area contributed by atoms with Crippen LogP contribution in [0.5, 0.6) is 11.5 Å². The molecule has 1 atom stereocenters. The Morgan fingerprint density at radius 2 is 2.00 bits per heavy atom. The highest BCUT2D eigenvalue weighted by molar-refractivity contribution is 7.91. The average Bonchev–Trinajstić information content (AvgIpc) is 3.37. The lowest BCUT2D eigenvalue weighted by molar-refractivity contribution is -0.127. The van der Waals surface area contributed by atoms with Crippen LogP contribution in [0, 0.1) is 13.8 Å². The summed E-state index contributed by atoms with van der Waals surface area (Å²) in [7, 11) is -3.04. The summed E-state index contributed by atoms with van der Waals surface area (Å²) in [5.74, 6) is 1.51. The maximum atomic E-state index is 12.8. The fourth-order valence-corrected chi connectivity index (χ4v) is 5.98. The number of aromatic nitrogens is 1. The molecule has 2 aliphatic rings. The first kappa shape index (κ1) is 20.5. The van der Waals surface area contributed by atoms with Crippen molar-refractivity contribution in [2.75, 3.05) is 24.8 Å². The Kier molecular flexibility index (Phi) is 5.36. The Bertz CT molecular complexity index is 1120. The van der Waals surface area contributed by atoms with Crippen molar-refractivity contribution >= 4 is 21.8 Å². The molecule has 30 heavy (non-hydrogen) atoms. The number of likely N-dealkylation sites (N-methyl/N-ethyl adjacent to an activating group) is 1. The lowest BCUT2D eigenvalue weighted by Gasteiger charge is -2.25. The lowest BCUT2D eigenvalue weighted by Crippen LogP contribution is -2.40. The van der Waals surface area contributed by atoms with Gasteiger partial charge < -0.3 is 18.9 Å². The molecule has 0 bridgehead atoms. The summed E-state index contributed by atoms with van der Waals surface area (Å²) in [5.41, 5.74) is 3.94. The Labute approximate surface area is 176 Å². The number of ether oxygens (including phenoxy) is 2. The normalized spacial score (nSPS) is 19.5. The van der Waals surface area contributed by atoms with E-state index in [1.54, 1.807) is 17.1 Å². The first-order valence-corrected chi connectivity index (χ1v) is 11.9. The van der Waals surface area contributed by atoms with E-state index in [0.29, 0.717) is 13.0 Å². The fraction of sp³-hybridized carbons (Fsp3) is 0.409. The standard InChI is InChI=1S/C22H26N2O5S/c1-4-23(19-9-10-30(26,27)13-19)22(25)8-5-17-11-15(2)24(16(17)3)18-6-7-20-21(12-18)29-14-28-20/h5-8,11-12,19H,4,9-10,13-14H2,1-3H3/b8-5+. The Hall–Kier alpha value is -2.74. The maximum Gasteiger partial charge on any atom is 0.246 e. The van der Waals surface area contributed by atoms with E-state index in [9.17, 15) is 13.2 Å². The van der Waals surface area contributed by atoms with Crippen LogP contribution in [-0.2, 0) is 14.6 Å². The van der Waals surface area contributed by atoms with Crippen LogP contribution >= 0.6 is 0 Å². The number of fused-ring (bicyclic) bond motifs is 1. The molecule has 7 nitrogen and oxygen atoms in total. The minimum atomic E-state index is -3.04. The minimum absolute atomic E-state index is 0.0546. The van der Waals surface area contributed by atoms with Gasteiger partial charge in [0, 0.05) is 41.8 Å². The predicted molar refractivity (Wildman–Crippen MR) is 115 cm³/mol. The molecule has 1 unspecified atom stereocenters. The molecule has 0 aliphatic carbocycles. The van der Waals surface area contributed by atoms with E-state index in [4.69, 9.17) is 9.47 Å². The molecule has 1 amide bonds. The summed E-state index contributed by atoms with van der Waals surface area (Å²) >= 11 is 0. The Morgan fingerprint density at radius 3 is 2.70 bits per heavy atom. The van der Waals surface area contributed by atoms with Crippen LogP contribution in [0.3, 0.4) is 0 Å². The zero-order valence-electron chi connectivity index (χ0n) is 17.4. The molecule has 0 radical (unpaired) electrons. The van der Waals surface area contributed by atoms with Gasteiger partial charge in [0.25, 0.3) is 0 Å². The van der Waals surface area contributed by atoms with Crippen LogP contribution in [-0.4, -0.2) is 54.7 Å². The third-order valence-electron chi connectivity index (χ3n) is 5.76. The summed E-state index contributed by atoms with van der Waals surface area (Å²) in [6.07, 6.45) is 3.86. The van der Waals surface area contributed by atoms with E-state index in [2.05, 4.69) is 4.57 Å². The van der Waals surface area contributed by atoms with Crippen LogP contribution in [0.15, 0.2) is 30.3 Å². The molecule has 160 valence electrons. The van der Waals surface area contributed by atoms with Crippen molar-refractivity contribution in [2.24, 2.45) is 0 Å². The van der Waals surface area contributed by atoms with Crippen LogP contribution < -0.4 is 9.47 Å². The smallest absolute Gasteiger partial charge is 0.246 e. The Balaban J connectivity index is 1.56. The van der Waals surface area contributed by atoms with Gasteiger partial charge in [-0.2, -0.15) is 0 Å². The minimum Gasteiger partial charge on any atom is -0.454 e. The highest BCUT2D eigenvalue weighted by atomic mass is 32.2. The van der Waals surface area contributed by atoms with E-state index < -0.39 is 9.84 Å². The topological polar surface area (TPSA) is 77.8 Å². The first-order chi connectivity index (χ1) is 14.3. The summed E-state index contributed by atoms with van der Waals surface area (Å²) in [5, 5.41) is 0. The molecule has 1 aromatic carbocycles. The number of sulfone groups is 1. The molecule has 2 aliphatic heterocycles. The lowest BCUT2D eigenvalue weighted by atomic mass is 10.2. The summed E-state index contributed by atoms with van der Waals surface area (Å²) in [6, 6.07) is 7.61. The van der Waals surface area contributed by atoms with E-state index in [-0.39, 0.29) is 30.2 Å². The molecule has 0 N–H and O–H groups in total. The number of carbonyl (C=O) groups is 1. The van der Waals surface area contributed by atoms with Crippen molar-refractivity contribution in [2.45, 2.75) is 33.2 Å². The number of hydrogen-bond acceptors (Lipinski definition) is 5. The molecule has 1 aromatic heterocycles. The van der Waals surface area contributed by atoms with Gasteiger partial charge in [0.05, 0.1) is 11.5 Å². The van der Waals surface area contributed by atoms with Crippen molar-refractivity contribution < 1.29 is 22.7 Å². The van der Waals surface area contributed by atoms with Crippen molar-refractivity contribution in [1.29, 1.82) is 0 Å². The number of hydrogen-bond donors (Lipinski definition) is 0. The van der Waals surface area contributed by atoms with Crippen LogP contribution in [0.4, 0.5) is 0 Å². The van der Waals surface area contributed by atoms with Gasteiger partial charge in [-0.15, -0.1) is 0 Å². The molecule has 8 heteroatoms. The summed E-state index contributed by atoms with van der Waals surface area (Å²) in [6.45, 7) is 6.61. The highest BCUT2D eigenvalue weighted by Crippen LogP contribution is 2.35. The van der Waals surface area contributed by atoms with E-state index in [1.165, 1.54) is 0 Å². The van der Waals surface area contributed by atoms with Crippen molar-refractivity contribution in [3.63, 3.8) is 0 Å². The summed E-state index contributed by atoms with van der Waals surface area (Å²) in [4.78, 5) is 14.4. The second-order valence-corrected chi connectivity index (χ2v) is 9.94. The molecule has 0 spiro atoms. The van der Waals surface area contributed by atoms with Crippen LogP contribution in [0.1, 0.15) is 30.3 Å². The van der Waals surface area contributed by atoms with Gasteiger partial charge in [0.1, 0.15) is 0 Å². The Morgan fingerprint density at radius 1 is 1.23 bits per heavy atom. The monoisotopic (exact) mass is 430 g/mol. The number of aryl methyl sites for hydroxylation is 1. The van der Waals surface area contributed by atoms with E-state index in [1.807, 2.05) is 45.0 Å². The van der Waals surface area contributed by atoms with E-state index in [0.717, 1.165) is 34.1 Å². The third-order valence-corrected chi connectivity index (χ3v) is 7.51. The van der Waals surface area contributed by atoms with Crippen molar-refractivity contribution in [3.05, 3.63) is 47.3 Å². The number of nitrogens with zero attached hydrogens (tertiary/aromatic N) is 2. The van der Waals surface area contributed by atoms with Gasteiger partial charge in [-0.25, -0.2) is 8.42 Å². The summed E-state index contributed by atoms with van der Waals surface area (Å²) < 4.78 is 36.5. The van der Waals surface area contributed by atoms with Gasteiger partial charge in [0.2, 0.25) is 12.7 Å². The van der Waals surface area contributed by atoms with Crippen LogP contribution in [0.2, 0.25) is 0 Å². The third kappa shape index (κ3) is 3.84. The largest absolute Gasteiger partial charge is 0.454 e. The number of carbonyl (C=O) groups excluding carboxylic acids is 1. The second kappa shape index (κ2) is 7.83. The molecule has 4 rings (SSSR count). The number of benzene rings is 1. The molecule has 0 saturated carbocycles. The predicted octanol–water partition coefficient (Wildman–Crippen LogP) is 2.87. The van der Waals surface area contributed by atoms with Gasteiger partial charge in [0.15, 0.2) is 21.3 Å². The highest BCUT2D eigenvalue weighted by Gasteiger charge is 2.33. The first-order valence-electron chi connectivity index (χ1n) is 10.1. The fourth-order valence-electron chi connectivity index (χ4n) is 4.25. The molecular weight excluding hydrogens is 404 g/mol. The number of rotatable bonds is 5. The van der Waals surface area contributed by atoms with E-state index >= 15 is 0 Å². The molecular formula is C22H26N2O5S. The SMILES string of the molecule is CCN(C(=O)/C=C/c1cc(C)n(-c2ccc3c(c2)OCO3)c1C)C1CCS(=O)(=O)C1. The molecule has 1 saturated heterocycles.